The SMILES string of the molecule is CCc1c(C)nn(CCC(C)=O)c1C. The average Bonchev–Trinajstić information content (AvgIpc) is 2.38. The van der Waals surface area contributed by atoms with Crippen molar-refractivity contribution in [3.63, 3.8) is 0 Å². The van der Waals surface area contributed by atoms with Gasteiger partial charge in [0.2, 0.25) is 0 Å². The summed E-state index contributed by atoms with van der Waals surface area (Å²) >= 11 is 0. The lowest BCUT2D eigenvalue weighted by atomic mass is 10.1. The van der Waals surface area contributed by atoms with Gasteiger partial charge in [-0.3, -0.25) is 9.48 Å². The number of hydrogen-bond acceptors (Lipinski definition) is 2. The maximum atomic E-state index is 10.8. The van der Waals surface area contributed by atoms with E-state index in [1.165, 1.54) is 11.3 Å². The molecule has 0 bridgehead atoms. The van der Waals surface area contributed by atoms with Crippen LogP contribution in [0.2, 0.25) is 0 Å². The summed E-state index contributed by atoms with van der Waals surface area (Å²) in [4.78, 5) is 10.8. The number of nitrogens with zero attached hydrogens (tertiary/aromatic N) is 2. The molecule has 3 nitrogen and oxygen atoms in total. The molecular weight excluding hydrogens is 176 g/mol. The van der Waals surface area contributed by atoms with Crippen LogP contribution in [0.25, 0.3) is 0 Å². The summed E-state index contributed by atoms with van der Waals surface area (Å²) < 4.78 is 1.94. The van der Waals surface area contributed by atoms with E-state index in [2.05, 4.69) is 18.9 Å². The molecule has 14 heavy (non-hydrogen) atoms. The highest BCUT2D eigenvalue weighted by Gasteiger charge is 2.09. The van der Waals surface area contributed by atoms with E-state index in [-0.39, 0.29) is 5.78 Å². The summed E-state index contributed by atoms with van der Waals surface area (Å²) in [5.41, 5.74) is 3.60. The van der Waals surface area contributed by atoms with Crippen molar-refractivity contribution in [3.05, 3.63) is 17.0 Å². The Kier molecular flexibility index (Phi) is 3.44. The van der Waals surface area contributed by atoms with E-state index in [0.29, 0.717) is 13.0 Å². The predicted molar refractivity (Wildman–Crippen MR) is 56.4 cm³/mol. The van der Waals surface area contributed by atoms with Crippen molar-refractivity contribution < 1.29 is 4.79 Å². The molecule has 78 valence electrons. The van der Waals surface area contributed by atoms with Crippen LogP contribution in [-0.2, 0) is 17.8 Å². The Hall–Kier alpha value is -1.12. The third kappa shape index (κ3) is 2.22. The molecule has 0 saturated heterocycles. The first-order valence-electron chi connectivity index (χ1n) is 5.08. The second kappa shape index (κ2) is 4.40. The quantitative estimate of drug-likeness (QED) is 0.735. The minimum atomic E-state index is 0.218. The molecule has 1 heterocycles. The first-order chi connectivity index (χ1) is 6.56. The lowest BCUT2D eigenvalue weighted by molar-refractivity contribution is -0.117. The van der Waals surface area contributed by atoms with Crippen LogP contribution in [0.5, 0.6) is 0 Å². The molecule has 1 rings (SSSR count). The molecule has 0 aliphatic heterocycles. The molecule has 1 aromatic rings. The molecular formula is C11H18N2O. The molecule has 0 aliphatic carbocycles. The van der Waals surface area contributed by atoms with E-state index >= 15 is 0 Å². The topological polar surface area (TPSA) is 34.9 Å². The van der Waals surface area contributed by atoms with Crippen molar-refractivity contribution in [3.8, 4) is 0 Å². The molecule has 0 radical (unpaired) electrons. The van der Waals surface area contributed by atoms with E-state index in [1.807, 2.05) is 11.6 Å². The molecule has 0 atom stereocenters. The highest BCUT2D eigenvalue weighted by atomic mass is 16.1. The van der Waals surface area contributed by atoms with E-state index in [0.717, 1.165) is 12.1 Å². The summed E-state index contributed by atoms with van der Waals surface area (Å²) in [5.74, 6) is 0.218. The molecule has 0 aromatic carbocycles. The van der Waals surface area contributed by atoms with Gasteiger partial charge < -0.3 is 0 Å². The van der Waals surface area contributed by atoms with Gasteiger partial charge in [0.25, 0.3) is 0 Å². The van der Waals surface area contributed by atoms with Crippen LogP contribution in [0.4, 0.5) is 0 Å². The Morgan fingerprint density at radius 2 is 2.07 bits per heavy atom. The van der Waals surface area contributed by atoms with Crippen molar-refractivity contribution in [2.75, 3.05) is 0 Å². The van der Waals surface area contributed by atoms with Gasteiger partial charge in [-0.25, -0.2) is 0 Å². The predicted octanol–water partition coefficient (Wildman–Crippen LogP) is 2.04. The Morgan fingerprint density at radius 1 is 1.43 bits per heavy atom. The number of carbonyl (C=O) groups is 1. The lowest BCUT2D eigenvalue weighted by Gasteiger charge is -2.02. The maximum absolute atomic E-state index is 10.8. The zero-order chi connectivity index (χ0) is 10.7. The molecule has 0 N–H and O–H groups in total. The normalized spacial score (nSPS) is 10.6. The van der Waals surface area contributed by atoms with Crippen molar-refractivity contribution in [1.29, 1.82) is 0 Å². The zero-order valence-electron chi connectivity index (χ0n) is 9.42. The minimum Gasteiger partial charge on any atom is -0.300 e. The van der Waals surface area contributed by atoms with Crippen molar-refractivity contribution in [1.82, 2.24) is 9.78 Å². The van der Waals surface area contributed by atoms with Gasteiger partial charge in [0.1, 0.15) is 5.78 Å². The monoisotopic (exact) mass is 194 g/mol. The molecule has 0 aliphatic rings. The van der Waals surface area contributed by atoms with Crippen molar-refractivity contribution >= 4 is 5.78 Å². The standard InChI is InChI=1S/C11H18N2O/c1-5-11-9(3)12-13(10(11)4)7-6-8(2)14/h5-7H2,1-4H3. The fraction of sp³-hybridized carbons (Fsp3) is 0.636. The fourth-order valence-electron chi connectivity index (χ4n) is 1.73. The Bertz CT molecular complexity index is 339. The third-order valence-electron chi connectivity index (χ3n) is 2.56. The van der Waals surface area contributed by atoms with Crippen molar-refractivity contribution in [2.24, 2.45) is 0 Å². The van der Waals surface area contributed by atoms with Gasteiger partial charge in [-0.05, 0) is 32.8 Å². The smallest absolute Gasteiger partial charge is 0.131 e. The zero-order valence-corrected chi connectivity index (χ0v) is 9.42. The van der Waals surface area contributed by atoms with Crippen LogP contribution >= 0.6 is 0 Å². The molecule has 0 unspecified atom stereocenters. The van der Waals surface area contributed by atoms with Gasteiger partial charge in [-0.2, -0.15) is 5.10 Å². The first-order valence-corrected chi connectivity index (χ1v) is 5.08. The van der Waals surface area contributed by atoms with Crippen LogP contribution < -0.4 is 0 Å². The summed E-state index contributed by atoms with van der Waals surface area (Å²) in [6, 6.07) is 0. The number of hydrogen-bond donors (Lipinski definition) is 0. The van der Waals surface area contributed by atoms with Crippen LogP contribution in [0.3, 0.4) is 0 Å². The fourth-order valence-corrected chi connectivity index (χ4v) is 1.73. The Morgan fingerprint density at radius 3 is 2.50 bits per heavy atom. The van der Waals surface area contributed by atoms with Crippen LogP contribution in [0, 0.1) is 13.8 Å². The first kappa shape index (κ1) is 11.0. The Balaban J connectivity index is 2.83. The number of aryl methyl sites for hydroxylation is 2. The van der Waals surface area contributed by atoms with Crippen LogP contribution in [-0.4, -0.2) is 15.6 Å². The van der Waals surface area contributed by atoms with E-state index < -0.39 is 0 Å². The molecule has 0 amide bonds. The Labute approximate surface area is 85.1 Å². The summed E-state index contributed by atoms with van der Waals surface area (Å²) in [6.45, 7) is 8.55. The van der Waals surface area contributed by atoms with Gasteiger partial charge >= 0.3 is 0 Å². The molecule has 0 fully saturated rings. The maximum Gasteiger partial charge on any atom is 0.131 e. The molecule has 0 spiro atoms. The molecule has 3 heteroatoms. The number of Topliss-reactive ketones (excluding diaryl/α,β-unsaturated/α-hetero) is 1. The number of ketones is 1. The average molecular weight is 194 g/mol. The highest BCUT2D eigenvalue weighted by molar-refractivity contribution is 5.75. The summed E-state index contributed by atoms with van der Waals surface area (Å²) in [7, 11) is 0. The van der Waals surface area contributed by atoms with Crippen LogP contribution in [0.15, 0.2) is 0 Å². The largest absolute Gasteiger partial charge is 0.300 e. The second-order valence-corrected chi connectivity index (χ2v) is 3.68. The van der Waals surface area contributed by atoms with Gasteiger partial charge in [-0.15, -0.1) is 0 Å². The summed E-state index contributed by atoms with van der Waals surface area (Å²) in [6.07, 6.45) is 1.59. The number of carbonyl (C=O) groups excluding carboxylic acids is 1. The molecule has 1 aromatic heterocycles. The van der Waals surface area contributed by atoms with E-state index in [4.69, 9.17) is 0 Å². The number of aromatic nitrogens is 2. The van der Waals surface area contributed by atoms with Crippen molar-refractivity contribution in [2.45, 2.75) is 47.1 Å². The van der Waals surface area contributed by atoms with Gasteiger partial charge in [0.05, 0.1) is 5.69 Å². The van der Waals surface area contributed by atoms with Crippen LogP contribution in [0.1, 0.15) is 37.2 Å². The lowest BCUT2D eigenvalue weighted by Crippen LogP contribution is -2.06. The summed E-state index contributed by atoms with van der Waals surface area (Å²) in [5, 5.41) is 4.42. The van der Waals surface area contributed by atoms with E-state index in [1.54, 1.807) is 6.92 Å². The highest BCUT2D eigenvalue weighted by Crippen LogP contribution is 2.13. The third-order valence-corrected chi connectivity index (χ3v) is 2.56. The molecule has 0 saturated carbocycles. The van der Waals surface area contributed by atoms with Gasteiger partial charge in [-0.1, -0.05) is 6.92 Å². The minimum absolute atomic E-state index is 0.218. The van der Waals surface area contributed by atoms with Gasteiger partial charge in [0, 0.05) is 18.7 Å². The van der Waals surface area contributed by atoms with Gasteiger partial charge in [0.15, 0.2) is 0 Å². The van der Waals surface area contributed by atoms with E-state index in [9.17, 15) is 4.79 Å². The number of rotatable bonds is 4. The second-order valence-electron chi connectivity index (χ2n) is 3.68.